The van der Waals surface area contributed by atoms with Crippen molar-refractivity contribution in [2.45, 2.75) is 17.7 Å². The van der Waals surface area contributed by atoms with E-state index in [0.717, 1.165) is 12.0 Å². The molecule has 1 aliphatic heterocycles. The maximum absolute atomic E-state index is 12.9. The van der Waals surface area contributed by atoms with Crippen LogP contribution in [0.25, 0.3) is 0 Å². The molecule has 0 aromatic heterocycles. The highest BCUT2D eigenvalue weighted by molar-refractivity contribution is 7.89. The van der Waals surface area contributed by atoms with E-state index in [-0.39, 0.29) is 16.2 Å². The van der Waals surface area contributed by atoms with Crippen LogP contribution in [0.1, 0.15) is 27.9 Å². The predicted molar refractivity (Wildman–Crippen MR) is 113 cm³/mol. The third kappa shape index (κ3) is 3.96. The molecule has 0 radical (unpaired) electrons. The van der Waals surface area contributed by atoms with Crippen LogP contribution >= 0.6 is 0 Å². The zero-order chi connectivity index (χ0) is 21.3. The Morgan fingerprint density at radius 3 is 2.57 bits per heavy atom. The number of amides is 1. The SMILES string of the molecule is CN1CCN(S(=O)(=O)c2cccc(C(=O)N/N=C3\CCc4cccc(O)c43)c2)CC1. The molecule has 158 valence electrons. The van der Waals surface area contributed by atoms with Crippen LogP contribution in [-0.4, -0.2) is 67.6 Å². The largest absolute Gasteiger partial charge is 0.507 e. The summed E-state index contributed by atoms with van der Waals surface area (Å²) in [5.74, 6) is -0.361. The molecule has 1 amide bonds. The first-order valence-electron chi connectivity index (χ1n) is 9.83. The van der Waals surface area contributed by atoms with E-state index in [1.165, 1.54) is 16.4 Å². The quantitative estimate of drug-likeness (QED) is 0.717. The fourth-order valence-corrected chi connectivity index (χ4v) is 5.24. The number of hydrazone groups is 1. The van der Waals surface area contributed by atoms with Crippen molar-refractivity contribution in [1.29, 1.82) is 0 Å². The van der Waals surface area contributed by atoms with Gasteiger partial charge in [0.1, 0.15) is 5.75 Å². The number of nitrogens with one attached hydrogen (secondary N) is 1. The van der Waals surface area contributed by atoms with Crippen molar-refractivity contribution in [2.75, 3.05) is 33.2 Å². The summed E-state index contributed by atoms with van der Waals surface area (Å²) in [4.78, 5) is 14.8. The Labute approximate surface area is 175 Å². The number of carbonyl (C=O) groups is 1. The Kier molecular flexibility index (Phi) is 5.59. The van der Waals surface area contributed by atoms with Crippen molar-refractivity contribution in [3.63, 3.8) is 0 Å². The minimum Gasteiger partial charge on any atom is -0.507 e. The molecule has 1 fully saturated rings. The lowest BCUT2D eigenvalue weighted by atomic mass is 10.1. The number of benzene rings is 2. The molecule has 4 rings (SSSR count). The molecule has 2 aromatic rings. The van der Waals surface area contributed by atoms with E-state index in [4.69, 9.17) is 0 Å². The first-order chi connectivity index (χ1) is 14.4. The molecule has 2 N–H and O–H groups in total. The van der Waals surface area contributed by atoms with Crippen LogP contribution in [0.15, 0.2) is 52.5 Å². The van der Waals surface area contributed by atoms with Gasteiger partial charge >= 0.3 is 0 Å². The Bertz CT molecular complexity index is 1110. The fourth-order valence-electron chi connectivity index (χ4n) is 3.78. The van der Waals surface area contributed by atoms with Gasteiger partial charge in [0.2, 0.25) is 10.0 Å². The maximum atomic E-state index is 12.9. The standard InChI is InChI=1S/C21H24N4O4S/c1-24-10-12-25(13-11-24)30(28,29)17-6-2-5-16(14-17)21(27)23-22-18-9-8-15-4-3-7-19(26)20(15)18/h2-7,14,26H,8-13H2,1H3,(H,23,27)/b22-18+. The lowest BCUT2D eigenvalue weighted by Gasteiger charge is -2.31. The van der Waals surface area contributed by atoms with Gasteiger partial charge < -0.3 is 10.0 Å². The minimum atomic E-state index is -3.66. The molecule has 30 heavy (non-hydrogen) atoms. The molecule has 0 saturated carbocycles. The first kappa shape index (κ1) is 20.5. The number of likely N-dealkylation sites (N-methyl/N-ethyl adjacent to an activating group) is 1. The second kappa shape index (κ2) is 8.17. The second-order valence-corrected chi connectivity index (χ2v) is 9.48. The Balaban J connectivity index is 1.52. The number of hydrogen-bond donors (Lipinski definition) is 2. The summed E-state index contributed by atoms with van der Waals surface area (Å²) in [6.45, 7) is 2.19. The average Bonchev–Trinajstić information content (AvgIpc) is 3.17. The summed E-state index contributed by atoms with van der Waals surface area (Å²) < 4.78 is 27.3. The molecule has 1 aliphatic carbocycles. The van der Waals surface area contributed by atoms with E-state index in [0.29, 0.717) is 43.9 Å². The van der Waals surface area contributed by atoms with Crippen LogP contribution in [0, 0.1) is 0 Å². The van der Waals surface area contributed by atoms with E-state index in [9.17, 15) is 18.3 Å². The molecule has 0 atom stereocenters. The first-order valence-corrected chi connectivity index (χ1v) is 11.3. The maximum Gasteiger partial charge on any atom is 0.271 e. The fraction of sp³-hybridized carbons (Fsp3) is 0.333. The number of nitrogens with zero attached hydrogens (tertiary/aromatic N) is 3. The van der Waals surface area contributed by atoms with E-state index >= 15 is 0 Å². The molecule has 1 saturated heterocycles. The molecule has 0 bridgehead atoms. The van der Waals surface area contributed by atoms with Gasteiger partial charge in [0.05, 0.1) is 10.6 Å². The summed E-state index contributed by atoms with van der Waals surface area (Å²) in [6, 6.07) is 11.3. The highest BCUT2D eigenvalue weighted by Crippen LogP contribution is 2.29. The molecule has 9 heteroatoms. The second-order valence-electron chi connectivity index (χ2n) is 7.55. The topological polar surface area (TPSA) is 102 Å². The number of sulfonamides is 1. The number of phenols is 1. The average molecular weight is 429 g/mol. The third-order valence-electron chi connectivity index (χ3n) is 5.54. The van der Waals surface area contributed by atoms with Crippen LogP contribution in [0.5, 0.6) is 5.75 Å². The van der Waals surface area contributed by atoms with Crippen LogP contribution in [0.4, 0.5) is 0 Å². The van der Waals surface area contributed by atoms with Crippen molar-refractivity contribution in [3.05, 3.63) is 59.2 Å². The van der Waals surface area contributed by atoms with Gasteiger partial charge in [-0.25, -0.2) is 13.8 Å². The van der Waals surface area contributed by atoms with E-state index < -0.39 is 15.9 Å². The lowest BCUT2D eigenvalue weighted by Crippen LogP contribution is -2.47. The predicted octanol–water partition coefficient (Wildman–Crippen LogP) is 1.41. The zero-order valence-corrected chi connectivity index (χ0v) is 17.5. The molecule has 2 aromatic carbocycles. The van der Waals surface area contributed by atoms with Crippen LogP contribution < -0.4 is 5.43 Å². The summed E-state index contributed by atoms with van der Waals surface area (Å²) in [6.07, 6.45) is 1.36. The third-order valence-corrected chi connectivity index (χ3v) is 7.43. The summed E-state index contributed by atoms with van der Waals surface area (Å²) >= 11 is 0. The van der Waals surface area contributed by atoms with E-state index in [2.05, 4.69) is 15.4 Å². The van der Waals surface area contributed by atoms with Crippen LogP contribution in [0.3, 0.4) is 0 Å². The van der Waals surface area contributed by atoms with Crippen molar-refractivity contribution < 1.29 is 18.3 Å². The zero-order valence-electron chi connectivity index (χ0n) is 16.7. The Morgan fingerprint density at radius 1 is 1.07 bits per heavy atom. The van der Waals surface area contributed by atoms with E-state index in [1.807, 2.05) is 13.1 Å². The summed E-state index contributed by atoms with van der Waals surface area (Å²) in [5, 5.41) is 14.3. The number of aromatic hydroxyl groups is 1. The molecule has 0 spiro atoms. The van der Waals surface area contributed by atoms with Gasteiger partial charge in [-0.15, -0.1) is 0 Å². The highest BCUT2D eigenvalue weighted by atomic mass is 32.2. The van der Waals surface area contributed by atoms with Crippen LogP contribution in [-0.2, 0) is 16.4 Å². The number of piperazine rings is 1. The number of carbonyl (C=O) groups excluding carboxylic acids is 1. The summed E-state index contributed by atoms with van der Waals surface area (Å²) in [7, 11) is -1.70. The van der Waals surface area contributed by atoms with Gasteiger partial charge in [0.25, 0.3) is 5.91 Å². The van der Waals surface area contributed by atoms with Gasteiger partial charge in [-0.2, -0.15) is 9.41 Å². The van der Waals surface area contributed by atoms with Crippen molar-refractivity contribution in [2.24, 2.45) is 5.10 Å². The molecular formula is C21H24N4O4S. The van der Waals surface area contributed by atoms with E-state index in [1.54, 1.807) is 24.3 Å². The molecular weight excluding hydrogens is 404 g/mol. The molecule has 2 aliphatic rings. The smallest absolute Gasteiger partial charge is 0.271 e. The van der Waals surface area contributed by atoms with Crippen LogP contribution in [0.2, 0.25) is 0 Å². The highest BCUT2D eigenvalue weighted by Gasteiger charge is 2.28. The van der Waals surface area contributed by atoms with Crippen molar-refractivity contribution in [1.82, 2.24) is 14.6 Å². The Morgan fingerprint density at radius 2 is 1.80 bits per heavy atom. The molecule has 8 nitrogen and oxygen atoms in total. The van der Waals surface area contributed by atoms with Gasteiger partial charge in [-0.05, 0) is 49.7 Å². The van der Waals surface area contributed by atoms with Gasteiger partial charge in [-0.1, -0.05) is 18.2 Å². The number of aryl methyl sites for hydroxylation is 1. The summed E-state index contributed by atoms with van der Waals surface area (Å²) in [5.41, 5.74) is 4.96. The van der Waals surface area contributed by atoms with Gasteiger partial charge in [0.15, 0.2) is 0 Å². The number of fused-ring (bicyclic) bond motifs is 1. The lowest BCUT2D eigenvalue weighted by molar-refractivity contribution is 0.0954. The number of phenolic OH excluding ortho intramolecular Hbond substituents is 1. The molecule has 1 heterocycles. The normalized spacial score (nSPS) is 19.0. The van der Waals surface area contributed by atoms with Gasteiger partial charge in [0, 0.05) is 37.3 Å². The molecule has 0 unspecified atom stereocenters. The Hall–Kier alpha value is -2.75. The number of hydrogen-bond acceptors (Lipinski definition) is 6. The van der Waals surface area contributed by atoms with Crippen molar-refractivity contribution >= 4 is 21.6 Å². The number of rotatable bonds is 4. The monoisotopic (exact) mass is 428 g/mol. The minimum absolute atomic E-state index is 0.0937. The van der Waals surface area contributed by atoms with Crippen molar-refractivity contribution in [3.8, 4) is 5.75 Å². The van der Waals surface area contributed by atoms with Gasteiger partial charge in [-0.3, -0.25) is 4.79 Å².